The second kappa shape index (κ2) is 188. The van der Waals surface area contributed by atoms with Crippen molar-refractivity contribution in [1.82, 2.24) is 0 Å². The molecule has 5 heteroatoms. The molecule has 0 aliphatic rings. The molecule has 0 rings (SSSR count). The van der Waals surface area contributed by atoms with Crippen LogP contribution in [0.15, 0.2) is 0 Å². The maximum absolute atomic E-state index is 8.17. The van der Waals surface area contributed by atoms with E-state index < -0.39 is 0 Å². The van der Waals surface area contributed by atoms with E-state index in [-0.39, 0.29) is 28.3 Å². The van der Waals surface area contributed by atoms with E-state index in [0.29, 0.717) is 0 Å². The Labute approximate surface area is 42.7 Å². The molecule has 31 valence electrons. The number of hydrogen-bond acceptors (Lipinski definition) is 1. The first kappa shape index (κ1) is 47.7. The molecule has 0 aromatic carbocycles. The van der Waals surface area contributed by atoms with Crippen LogP contribution in [-0.2, 0) is 32.9 Å². The summed E-state index contributed by atoms with van der Waals surface area (Å²) in [5.41, 5.74) is 0. The Hall–Kier alpha value is 0.552. The molecule has 0 N–H and O–H groups in total. The third kappa shape index (κ3) is 97.2. The van der Waals surface area contributed by atoms with Gasteiger partial charge < -0.3 is 11.0 Å². The van der Waals surface area contributed by atoms with Gasteiger partial charge in [0.25, 0.3) is 0 Å². The van der Waals surface area contributed by atoms with Gasteiger partial charge in [-0.25, -0.2) is 0 Å². The van der Waals surface area contributed by atoms with Gasteiger partial charge in [-0.1, -0.05) is 4.57 Å². The molecule has 0 aliphatic carbocycles. The second-order valence-electron chi connectivity index (χ2n) is 0. The first-order valence-electron chi connectivity index (χ1n) is 0.236. The summed E-state index contributed by atoms with van der Waals surface area (Å²) in [6, 6.07) is 0. The molecule has 0 amide bonds. The van der Waals surface area contributed by atoms with Gasteiger partial charge >= 0.3 is 26.5 Å². The molecule has 1 radical (unpaired) electrons. The number of rotatable bonds is 0. The Morgan fingerprint density at radius 2 is 1.00 bits per heavy atom. The van der Waals surface area contributed by atoms with Gasteiger partial charge in [-0.3, -0.25) is 0 Å². The molecule has 1 atom stereocenters. The monoisotopic (exact) mass is 133 g/mol. The van der Waals surface area contributed by atoms with Crippen molar-refractivity contribution in [3.8, 4) is 0 Å². The van der Waals surface area contributed by atoms with E-state index in [4.69, 9.17) is 4.57 Å². The van der Waals surface area contributed by atoms with Crippen LogP contribution in [0.2, 0.25) is 0 Å². The molecule has 0 aromatic rings. The SMILES string of the molecule is O=[PH2+].[Cr+3].[O-2].[O-2]. The van der Waals surface area contributed by atoms with Crippen LogP contribution < -0.4 is 0 Å². The minimum absolute atomic E-state index is 0. The topological polar surface area (TPSA) is 74.1 Å². The van der Waals surface area contributed by atoms with Crippen LogP contribution in [0.5, 0.6) is 0 Å². The summed E-state index contributed by atoms with van der Waals surface area (Å²) in [7, 11) is 1.17. The summed E-state index contributed by atoms with van der Waals surface area (Å²) in [5, 5.41) is 0. The first-order chi connectivity index (χ1) is 1.00. The zero-order valence-electron chi connectivity index (χ0n) is 2.21. The average Bonchev–Trinajstić information content (AvgIpc) is 1.00. The van der Waals surface area contributed by atoms with E-state index in [9.17, 15) is 0 Å². The van der Waals surface area contributed by atoms with Crippen LogP contribution in [0.4, 0.5) is 0 Å². The van der Waals surface area contributed by atoms with Crippen LogP contribution in [0.1, 0.15) is 0 Å². The minimum Gasteiger partial charge on any atom is -2.00 e. The molecule has 0 bridgehead atoms. The fourth-order valence-electron chi connectivity index (χ4n) is 0. The number of hydrogen-bond donors (Lipinski definition) is 0. The van der Waals surface area contributed by atoms with Crippen molar-refractivity contribution < 1.29 is 32.9 Å². The smallest absolute Gasteiger partial charge is 2.00 e. The van der Waals surface area contributed by atoms with E-state index in [1.54, 1.807) is 0 Å². The van der Waals surface area contributed by atoms with Crippen molar-refractivity contribution in [2.45, 2.75) is 0 Å². The second-order valence-corrected chi connectivity index (χ2v) is 0. The molecule has 0 fully saturated rings. The predicted molar refractivity (Wildman–Crippen MR) is 11.8 cm³/mol. The fourth-order valence-corrected chi connectivity index (χ4v) is 0. The van der Waals surface area contributed by atoms with Crippen molar-refractivity contribution in [1.29, 1.82) is 0 Å². The van der Waals surface area contributed by atoms with E-state index in [0.717, 1.165) is 0 Å². The van der Waals surface area contributed by atoms with E-state index in [1.165, 1.54) is 9.12 Å². The zero-order valence-corrected chi connectivity index (χ0v) is 4.64. The van der Waals surface area contributed by atoms with Crippen LogP contribution >= 0.6 is 9.12 Å². The molecule has 0 saturated heterocycles. The van der Waals surface area contributed by atoms with Gasteiger partial charge in [-0.2, -0.15) is 0 Å². The Balaban J connectivity index is -0.00000000167. The molecular formula is H2CrO3P. The van der Waals surface area contributed by atoms with Crippen molar-refractivity contribution in [2.75, 3.05) is 0 Å². The summed E-state index contributed by atoms with van der Waals surface area (Å²) in [5.74, 6) is 0. The zero-order chi connectivity index (χ0) is 2.00. The molecule has 0 heterocycles. The molecule has 1 unspecified atom stereocenters. The summed E-state index contributed by atoms with van der Waals surface area (Å²) in [6.45, 7) is 0. The molecular weight excluding hydrogens is 131 g/mol. The maximum atomic E-state index is 8.17. The molecule has 0 spiro atoms. The summed E-state index contributed by atoms with van der Waals surface area (Å²) in [6.07, 6.45) is 0. The Bertz CT molecular complexity index is 6.85. The Morgan fingerprint density at radius 3 is 1.00 bits per heavy atom. The van der Waals surface area contributed by atoms with Crippen molar-refractivity contribution in [3.63, 3.8) is 0 Å². The third-order valence-electron chi connectivity index (χ3n) is 0. The van der Waals surface area contributed by atoms with Gasteiger partial charge in [0.05, 0.1) is 0 Å². The average molecular weight is 133 g/mol. The van der Waals surface area contributed by atoms with E-state index in [1.807, 2.05) is 0 Å². The van der Waals surface area contributed by atoms with Crippen LogP contribution in [0, 0.1) is 0 Å². The summed E-state index contributed by atoms with van der Waals surface area (Å²) in [4.78, 5) is 0. The van der Waals surface area contributed by atoms with E-state index >= 15 is 0 Å². The normalized spacial score (nSPS) is 0.800. The maximum Gasteiger partial charge on any atom is 3.00 e. The van der Waals surface area contributed by atoms with Crippen molar-refractivity contribution >= 4 is 9.12 Å². The predicted octanol–water partition coefficient (Wildman–Crippen LogP) is -0.0331. The molecule has 0 aliphatic heterocycles. The van der Waals surface area contributed by atoms with Crippen LogP contribution in [0.3, 0.4) is 0 Å². The Kier molecular flexibility index (Phi) is 1800. The standard InChI is InChI=1S/Cr.H2OP.2O/c;1-2;;/h;2H2;;/q+3;+1;2*-2. The van der Waals surface area contributed by atoms with Gasteiger partial charge in [-0.05, 0) is 0 Å². The first-order valence-corrected chi connectivity index (χ1v) is 0.707. The Morgan fingerprint density at radius 1 is 1.00 bits per heavy atom. The van der Waals surface area contributed by atoms with E-state index in [2.05, 4.69) is 0 Å². The van der Waals surface area contributed by atoms with Crippen LogP contribution in [0.25, 0.3) is 0 Å². The van der Waals surface area contributed by atoms with Crippen LogP contribution in [-0.4, -0.2) is 0 Å². The minimum atomic E-state index is 0. The fraction of sp³-hybridized carbons (Fsp3) is 0. The third-order valence-corrected chi connectivity index (χ3v) is 0. The quantitative estimate of drug-likeness (QED) is 0.427. The largest absolute Gasteiger partial charge is 3.00 e. The van der Waals surface area contributed by atoms with Crippen molar-refractivity contribution in [3.05, 3.63) is 0 Å². The van der Waals surface area contributed by atoms with Gasteiger partial charge in [0.2, 0.25) is 0 Å². The molecule has 0 aromatic heterocycles. The van der Waals surface area contributed by atoms with Crippen molar-refractivity contribution in [2.24, 2.45) is 0 Å². The van der Waals surface area contributed by atoms with Gasteiger partial charge in [0, 0.05) is 0 Å². The van der Waals surface area contributed by atoms with Gasteiger partial charge in [-0.15, -0.1) is 0 Å². The summed E-state index contributed by atoms with van der Waals surface area (Å²) < 4.78 is 8.17. The molecule has 3 nitrogen and oxygen atoms in total. The molecule has 0 saturated carbocycles. The van der Waals surface area contributed by atoms with Gasteiger partial charge in [0.15, 0.2) is 0 Å². The summed E-state index contributed by atoms with van der Waals surface area (Å²) >= 11 is 0. The van der Waals surface area contributed by atoms with Gasteiger partial charge in [0.1, 0.15) is 0 Å². The molecule has 5 heavy (non-hydrogen) atoms.